The molecule has 3 rings (SSSR count). The van der Waals surface area contributed by atoms with Crippen LogP contribution in [0.3, 0.4) is 0 Å². The van der Waals surface area contributed by atoms with Crippen molar-refractivity contribution >= 4 is 0 Å². The molecule has 2 unspecified atom stereocenters. The Hall–Kier alpha value is -2.02. The van der Waals surface area contributed by atoms with E-state index in [-0.39, 0.29) is 11.3 Å². The summed E-state index contributed by atoms with van der Waals surface area (Å²) in [7, 11) is 1.36. The third-order valence-corrected chi connectivity index (χ3v) is 3.73. The van der Waals surface area contributed by atoms with Crippen LogP contribution in [0.5, 0.6) is 5.75 Å². The van der Waals surface area contributed by atoms with Gasteiger partial charge in [0.05, 0.1) is 13.2 Å². The standard InChI is InChI=1S/C13H14F2N4O/c1-6-17-18-13-12(16)8(5-19(6)13)11-9(14)3-7(20-2)4-10(11)15/h3-4,8,12H,5,16H2,1-2H3. The van der Waals surface area contributed by atoms with E-state index in [1.54, 1.807) is 11.5 Å². The van der Waals surface area contributed by atoms with Crippen molar-refractivity contribution in [1.82, 2.24) is 14.8 Å². The molecule has 0 spiro atoms. The van der Waals surface area contributed by atoms with Crippen molar-refractivity contribution in [2.24, 2.45) is 5.73 Å². The second kappa shape index (κ2) is 4.52. The van der Waals surface area contributed by atoms with Gasteiger partial charge in [0.1, 0.15) is 23.2 Å². The molecule has 1 aromatic heterocycles. The molecule has 20 heavy (non-hydrogen) atoms. The summed E-state index contributed by atoms with van der Waals surface area (Å²) in [6, 6.07) is 1.75. The molecule has 0 saturated carbocycles. The average molecular weight is 280 g/mol. The van der Waals surface area contributed by atoms with Crippen LogP contribution in [0.25, 0.3) is 0 Å². The molecule has 7 heteroatoms. The van der Waals surface area contributed by atoms with E-state index in [1.165, 1.54) is 7.11 Å². The third-order valence-electron chi connectivity index (χ3n) is 3.73. The maximum atomic E-state index is 14.1. The monoisotopic (exact) mass is 280 g/mol. The smallest absolute Gasteiger partial charge is 0.150 e. The number of nitrogens with two attached hydrogens (primary N) is 1. The van der Waals surface area contributed by atoms with Crippen LogP contribution in [0.4, 0.5) is 8.78 Å². The minimum atomic E-state index is -0.654. The van der Waals surface area contributed by atoms with Gasteiger partial charge in [0, 0.05) is 30.2 Å². The second-order valence-electron chi connectivity index (χ2n) is 4.85. The second-order valence-corrected chi connectivity index (χ2v) is 4.85. The first kappa shape index (κ1) is 13.0. The molecule has 2 heterocycles. The van der Waals surface area contributed by atoms with Crippen molar-refractivity contribution in [3.05, 3.63) is 41.0 Å². The van der Waals surface area contributed by atoms with Crippen LogP contribution < -0.4 is 10.5 Å². The first-order valence-electron chi connectivity index (χ1n) is 6.21. The van der Waals surface area contributed by atoms with Gasteiger partial charge >= 0.3 is 0 Å². The molecule has 0 radical (unpaired) electrons. The predicted octanol–water partition coefficient (Wildman–Crippen LogP) is 1.67. The lowest BCUT2D eigenvalue weighted by atomic mass is 9.93. The summed E-state index contributed by atoms with van der Waals surface area (Å²) in [5, 5.41) is 7.88. The lowest BCUT2D eigenvalue weighted by Crippen LogP contribution is -2.18. The van der Waals surface area contributed by atoms with Gasteiger partial charge in [0.15, 0.2) is 5.82 Å². The number of methoxy groups -OCH3 is 1. The van der Waals surface area contributed by atoms with Gasteiger partial charge < -0.3 is 15.0 Å². The maximum absolute atomic E-state index is 14.1. The SMILES string of the molecule is COc1cc(F)c(C2Cn3c(C)nnc3C2N)c(F)c1. The largest absolute Gasteiger partial charge is 0.497 e. The zero-order chi connectivity index (χ0) is 14.4. The third kappa shape index (κ3) is 1.77. The number of nitrogens with zero attached hydrogens (tertiary/aromatic N) is 3. The van der Waals surface area contributed by atoms with Crippen LogP contribution in [-0.4, -0.2) is 21.9 Å². The predicted molar refractivity (Wildman–Crippen MR) is 67.3 cm³/mol. The van der Waals surface area contributed by atoms with E-state index in [1.807, 2.05) is 0 Å². The first-order chi connectivity index (χ1) is 9.52. The Balaban J connectivity index is 2.04. The van der Waals surface area contributed by atoms with Gasteiger partial charge in [-0.1, -0.05) is 0 Å². The molecule has 2 N–H and O–H groups in total. The highest BCUT2D eigenvalue weighted by Gasteiger charge is 2.37. The Morgan fingerprint density at radius 3 is 2.50 bits per heavy atom. The van der Waals surface area contributed by atoms with Gasteiger partial charge in [-0.05, 0) is 6.92 Å². The zero-order valence-corrected chi connectivity index (χ0v) is 11.1. The van der Waals surface area contributed by atoms with Crippen molar-refractivity contribution in [2.75, 3.05) is 7.11 Å². The van der Waals surface area contributed by atoms with Crippen molar-refractivity contribution in [1.29, 1.82) is 0 Å². The summed E-state index contributed by atoms with van der Waals surface area (Å²) in [5.41, 5.74) is 6.03. The van der Waals surface area contributed by atoms with E-state index in [2.05, 4.69) is 10.2 Å². The first-order valence-corrected chi connectivity index (χ1v) is 6.21. The number of hydrogen-bond acceptors (Lipinski definition) is 4. The summed E-state index contributed by atoms with van der Waals surface area (Å²) < 4.78 is 34.9. The normalized spacial score (nSPS) is 21.1. The summed E-state index contributed by atoms with van der Waals surface area (Å²) >= 11 is 0. The number of halogens is 2. The summed E-state index contributed by atoms with van der Waals surface area (Å²) in [6.45, 7) is 2.15. The van der Waals surface area contributed by atoms with Crippen molar-refractivity contribution in [3.8, 4) is 5.75 Å². The van der Waals surface area contributed by atoms with Gasteiger partial charge in [-0.3, -0.25) is 0 Å². The summed E-state index contributed by atoms with van der Waals surface area (Å²) in [5.74, 6) is -0.414. The molecule has 0 bridgehead atoms. The number of aromatic nitrogens is 3. The van der Waals surface area contributed by atoms with E-state index >= 15 is 0 Å². The molecule has 1 aromatic carbocycles. The highest BCUT2D eigenvalue weighted by molar-refractivity contribution is 5.35. The molecule has 0 amide bonds. The molecule has 0 saturated heterocycles. The van der Waals surface area contributed by atoms with Crippen LogP contribution in [0.2, 0.25) is 0 Å². The molecular formula is C13H14F2N4O. The molecule has 1 aliphatic rings. The minimum absolute atomic E-state index is 0.0248. The van der Waals surface area contributed by atoms with Gasteiger partial charge in [0.2, 0.25) is 0 Å². The lowest BCUT2D eigenvalue weighted by molar-refractivity contribution is 0.401. The Labute approximate surface area is 114 Å². The fourth-order valence-corrected chi connectivity index (χ4v) is 2.66. The Morgan fingerprint density at radius 2 is 1.95 bits per heavy atom. The van der Waals surface area contributed by atoms with E-state index in [0.29, 0.717) is 18.2 Å². The highest BCUT2D eigenvalue weighted by atomic mass is 19.1. The van der Waals surface area contributed by atoms with E-state index in [9.17, 15) is 8.78 Å². The quantitative estimate of drug-likeness (QED) is 0.908. The Morgan fingerprint density at radius 1 is 1.30 bits per heavy atom. The maximum Gasteiger partial charge on any atom is 0.150 e. The average Bonchev–Trinajstić information content (AvgIpc) is 2.91. The minimum Gasteiger partial charge on any atom is -0.497 e. The Kier molecular flexibility index (Phi) is 2.93. The van der Waals surface area contributed by atoms with E-state index in [0.717, 1.165) is 12.1 Å². The van der Waals surface area contributed by atoms with Crippen LogP contribution in [0.15, 0.2) is 12.1 Å². The number of ether oxygens (including phenoxy) is 1. The van der Waals surface area contributed by atoms with Gasteiger partial charge in [0.25, 0.3) is 0 Å². The molecule has 0 fully saturated rings. The van der Waals surface area contributed by atoms with E-state index < -0.39 is 23.6 Å². The van der Waals surface area contributed by atoms with Crippen molar-refractivity contribution in [3.63, 3.8) is 0 Å². The summed E-state index contributed by atoms with van der Waals surface area (Å²) in [4.78, 5) is 0. The molecule has 2 atom stereocenters. The fourth-order valence-electron chi connectivity index (χ4n) is 2.66. The van der Waals surface area contributed by atoms with Crippen LogP contribution in [0, 0.1) is 18.6 Å². The summed E-state index contributed by atoms with van der Waals surface area (Å²) in [6.07, 6.45) is 0. The highest BCUT2D eigenvalue weighted by Crippen LogP contribution is 2.39. The molecule has 0 aliphatic carbocycles. The fraction of sp³-hybridized carbons (Fsp3) is 0.385. The Bertz CT molecular complexity index is 647. The zero-order valence-electron chi connectivity index (χ0n) is 11.1. The lowest BCUT2D eigenvalue weighted by Gasteiger charge is -2.17. The van der Waals surface area contributed by atoms with Gasteiger partial charge in [-0.15, -0.1) is 10.2 Å². The molecule has 2 aromatic rings. The number of rotatable bonds is 2. The van der Waals surface area contributed by atoms with Crippen molar-refractivity contribution in [2.45, 2.75) is 25.4 Å². The van der Waals surface area contributed by atoms with Crippen molar-refractivity contribution < 1.29 is 13.5 Å². The van der Waals surface area contributed by atoms with Gasteiger partial charge in [-0.25, -0.2) is 8.78 Å². The number of aryl methyl sites for hydroxylation is 1. The molecule has 106 valence electrons. The molecule has 1 aliphatic heterocycles. The van der Waals surface area contributed by atoms with E-state index in [4.69, 9.17) is 10.5 Å². The number of fused-ring (bicyclic) bond motifs is 1. The number of benzene rings is 1. The molecular weight excluding hydrogens is 266 g/mol. The topological polar surface area (TPSA) is 66.0 Å². The number of hydrogen-bond donors (Lipinski definition) is 1. The van der Waals surface area contributed by atoms with Gasteiger partial charge in [-0.2, -0.15) is 0 Å². The molecule has 5 nitrogen and oxygen atoms in total. The van der Waals surface area contributed by atoms with Crippen LogP contribution in [0.1, 0.15) is 29.2 Å². The van der Waals surface area contributed by atoms with Crippen LogP contribution in [-0.2, 0) is 6.54 Å². The van der Waals surface area contributed by atoms with Crippen LogP contribution >= 0.6 is 0 Å².